The summed E-state index contributed by atoms with van der Waals surface area (Å²) in [6, 6.07) is 7.66. The Labute approximate surface area is 165 Å². The molecule has 1 aromatic carbocycles. The fourth-order valence-electron chi connectivity index (χ4n) is 4.03. The first-order chi connectivity index (χ1) is 13.0. The van der Waals surface area contributed by atoms with Crippen LogP contribution in [-0.2, 0) is 9.84 Å². The van der Waals surface area contributed by atoms with Gasteiger partial charge >= 0.3 is 0 Å². The quantitative estimate of drug-likeness (QED) is 0.777. The summed E-state index contributed by atoms with van der Waals surface area (Å²) in [5.41, 5.74) is 0.810. The molecule has 0 spiro atoms. The van der Waals surface area contributed by atoms with Crippen LogP contribution in [0.15, 0.2) is 29.2 Å². The van der Waals surface area contributed by atoms with Gasteiger partial charge in [0, 0.05) is 31.0 Å². The summed E-state index contributed by atoms with van der Waals surface area (Å²) in [6.45, 7) is 4.53. The van der Waals surface area contributed by atoms with Crippen molar-refractivity contribution in [2.75, 3.05) is 37.3 Å². The average Bonchev–Trinajstić information content (AvgIpc) is 3.19. The highest BCUT2D eigenvalue weighted by molar-refractivity contribution is 7.90. The molecule has 2 aliphatic heterocycles. The summed E-state index contributed by atoms with van der Waals surface area (Å²) in [7, 11) is -3.22. The van der Waals surface area contributed by atoms with E-state index in [1.165, 1.54) is 51.4 Å². The highest BCUT2D eigenvalue weighted by Gasteiger charge is 2.27. The van der Waals surface area contributed by atoms with Gasteiger partial charge in [-0.25, -0.2) is 8.42 Å². The molecule has 2 aliphatic rings. The number of sulfone groups is 1. The number of rotatable bonds is 4. The van der Waals surface area contributed by atoms with Crippen LogP contribution >= 0.6 is 11.3 Å². The number of piperidine rings is 2. The molecule has 2 aromatic rings. The maximum atomic E-state index is 11.8. The first-order valence-electron chi connectivity index (χ1n) is 9.64. The summed E-state index contributed by atoms with van der Waals surface area (Å²) < 4.78 is 23.6. The Morgan fingerprint density at radius 1 is 1.04 bits per heavy atom. The molecular weight excluding hydrogens is 380 g/mol. The molecule has 4 rings (SSSR count). The van der Waals surface area contributed by atoms with Crippen molar-refractivity contribution in [1.29, 1.82) is 0 Å². The lowest BCUT2D eigenvalue weighted by molar-refractivity contribution is 0.141. The zero-order chi connectivity index (χ0) is 18.9. The molecule has 0 saturated carbocycles. The number of anilines is 1. The topological polar surface area (TPSA) is 66.4 Å². The van der Waals surface area contributed by atoms with E-state index in [0.29, 0.717) is 10.9 Å². The number of aromatic nitrogens is 2. The van der Waals surface area contributed by atoms with Crippen LogP contribution in [0, 0.1) is 0 Å². The lowest BCUT2D eigenvalue weighted by Crippen LogP contribution is -2.46. The van der Waals surface area contributed by atoms with Crippen LogP contribution in [-0.4, -0.2) is 62.0 Å². The Morgan fingerprint density at radius 3 is 2.48 bits per heavy atom. The second kappa shape index (κ2) is 7.85. The molecule has 2 fully saturated rings. The maximum Gasteiger partial charge on any atom is 0.208 e. The predicted molar refractivity (Wildman–Crippen MR) is 109 cm³/mol. The van der Waals surface area contributed by atoms with E-state index in [1.54, 1.807) is 29.5 Å². The van der Waals surface area contributed by atoms with E-state index in [2.05, 4.69) is 20.0 Å². The number of hydrogen-bond donors (Lipinski definition) is 0. The van der Waals surface area contributed by atoms with Crippen molar-refractivity contribution in [3.8, 4) is 10.6 Å². The standard InChI is InChI=1S/C19H26N4O2S2/c1-27(24,25)17-7-5-6-15(14-17)18-20-21-19(26-18)23-12-8-16(9-13-23)22-10-3-2-4-11-22/h5-7,14,16H,2-4,8-13H2,1H3. The molecule has 146 valence electrons. The number of hydrogen-bond acceptors (Lipinski definition) is 7. The maximum absolute atomic E-state index is 11.8. The molecule has 0 atom stereocenters. The van der Waals surface area contributed by atoms with Gasteiger partial charge in [-0.1, -0.05) is 29.9 Å². The lowest BCUT2D eigenvalue weighted by Gasteiger charge is -2.40. The van der Waals surface area contributed by atoms with E-state index >= 15 is 0 Å². The van der Waals surface area contributed by atoms with Crippen molar-refractivity contribution in [2.24, 2.45) is 0 Å². The minimum atomic E-state index is -3.22. The normalized spacial score (nSPS) is 20.1. The lowest BCUT2D eigenvalue weighted by atomic mass is 10.0. The van der Waals surface area contributed by atoms with Gasteiger partial charge in [-0.05, 0) is 50.9 Å². The van der Waals surface area contributed by atoms with Crippen molar-refractivity contribution in [2.45, 2.75) is 43.0 Å². The molecule has 27 heavy (non-hydrogen) atoms. The zero-order valence-corrected chi connectivity index (χ0v) is 17.3. The van der Waals surface area contributed by atoms with Gasteiger partial charge in [-0.2, -0.15) is 0 Å². The van der Waals surface area contributed by atoms with Crippen molar-refractivity contribution >= 4 is 26.3 Å². The van der Waals surface area contributed by atoms with Crippen LogP contribution in [0.25, 0.3) is 10.6 Å². The first kappa shape index (κ1) is 18.8. The van der Waals surface area contributed by atoms with Crippen LogP contribution in [0.4, 0.5) is 5.13 Å². The molecule has 1 aromatic heterocycles. The molecule has 2 saturated heterocycles. The fourth-order valence-corrected chi connectivity index (χ4v) is 5.59. The van der Waals surface area contributed by atoms with Gasteiger partial charge < -0.3 is 9.80 Å². The van der Waals surface area contributed by atoms with E-state index < -0.39 is 9.84 Å². The SMILES string of the molecule is CS(=O)(=O)c1cccc(-c2nnc(N3CCC(N4CCCCC4)CC3)s2)c1. The minimum Gasteiger partial charge on any atom is -0.347 e. The van der Waals surface area contributed by atoms with Crippen LogP contribution in [0.3, 0.4) is 0 Å². The van der Waals surface area contributed by atoms with Gasteiger partial charge in [-0.3, -0.25) is 0 Å². The number of nitrogens with zero attached hydrogens (tertiary/aromatic N) is 4. The Hall–Kier alpha value is -1.51. The van der Waals surface area contributed by atoms with Crippen molar-refractivity contribution < 1.29 is 8.42 Å². The Morgan fingerprint density at radius 2 is 1.78 bits per heavy atom. The summed E-state index contributed by atoms with van der Waals surface area (Å²) in [5.74, 6) is 0. The summed E-state index contributed by atoms with van der Waals surface area (Å²) in [5, 5.41) is 10.4. The van der Waals surface area contributed by atoms with Crippen molar-refractivity contribution in [1.82, 2.24) is 15.1 Å². The highest BCUT2D eigenvalue weighted by Crippen LogP contribution is 2.32. The third-order valence-electron chi connectivity index (χ3n) is 5.57. The largest absolute Gasteiger partial charge is 0.347 e. The first-order valence-corrected chi connectivity index (χ1v) is 12.3. The molecule has 0 aliphatic carbocycles. The van der Waals surface area contributed by atoms with E-state index in [1.807, 2.05) is 6.07 Å². The summed E-state index contributed by atoms with van der Waals surface area (Å²) >= 11 is 1.54. The van der Waals surface area contributed by atoms with Gasteiger partial charge in [0.25, 0.3) is 0 Å². The van der Waals surface area contributed by atoms with E-state index in [-0.39, 0.29) is 0 Å². The van der Waals surface area contributed by atoms with Crippen LogP contribution < -0.4 is 4.90 Å². The highest BCUT2D eigenvalue weighted by atomic mass is 32.2. The molecular formula is C19H26N4O2S2. The molecule has 0 amide bonds. The third kappa shape index (κ3) is 4.33. The molecule has 6 nitrogen and oxygen atoms in total. The summed E-state index contributed by atoms with van der Waals surface area (Å²) in [4.78, 5) is 5.31. The predicted octanol–water partition coefficient (Wildman–Crippen LogP) is 3.06. The number of benzene rings is 1. The third-order valence-corrected chi connectivity index (χ3v) is 7.71. The van der Waals surface area contributed by atoms with Crippen molar-refractivity contribution in [3.63, 3.8) is 0 Å². The van der Waals surface area contributed by atoms with Crippen LogP contribution in [0.1, 0.15) is 32.1 Å². The van der Waals surface area contributed by atoms with Crippen LogP contribution in [0.2, 0.25) is 0 Å². The van der Waals surface area contributed by atoms with E-state index in [0.717, 1.165) is 28.8 Å². The second-order valence-electron chi connectivity index (χ2n) is 7.50. The van der Waals surface area contributed by atoms with Crippen LogP contribution in [0.5, 0.6) is 0 Å². The number of likely N-dealkylation sites (tertiary alicyclic amines) is 1. The second-order valence-corrected chi connectivity index (χ2v) is 10.5. The average molecular weight is 407 g/mol. The fraction of sp³-hybridized carbons (Fsp3) is 0.579. The summed E-state index contributed by atoms with van der Waals surface area (Å²) in [6.07, 6.45) is 7.64. The van der Waals surface area contributed by atoms with E-state index in [9.17, 15) is 8.42 Å². The monoisotopic (exact) mass is 406 g/mol. The van der Waals surface area contributed by atoms with Gasteiger partial charge in [0.2, 0.25) is 5.13 Å². The van der Waals surface area contributed by atoms with E-state index in [4.69, 9.17) is 0 Å². The van der Waals surface area contributed by atoms with Gasteiger partial charge in [-0.15, -0.1) is 10.2 Å². The minimum absolute atomic E-state index is 0.319. The molecule has 0 radical (unpaired) electrons. The van der Waals surface area contributed by atoms with Crippen molar-refractivity contribution in [3.05, 3.63) is 24.3 Å². The Bertz CT molecular complexity index is 883. The smallest absolute Gasteiger partial charge is 0.208 e. The van der Waals surface area contributed by atoms with Gasteiger partial charge in [0.15, 0.2) is 9.84 Å². The zero-order valence-electron chi connectivity index (χ0n) is 15.7. The molecule has 0 unspecified atom stereocenters. The molecule has 8 heteroatoms. The molecule has 3 heterocycles. The molecule has 0 bridgehead atoms. The Kier molecular flexibility index (Phi) is 5.48. The molecule has 0 N–H and O–H groups in total. The van der Waals surface area contributed by atoms with Gasteiger partial charge in [0.05, 0.1) is 4.90 Å². The van der Waals surface area contributed by atoms with Gasteiger partial charge in [0.1, 0.15) is 5.01 Å². The Balaban J connectivity index is 1.43.